The normalized spacial score (nSPS) is 15.0. The second-order valence-electron chi connectivity index (χ2n) is 6.96. The van der Waals surface area contributed by atoms with Crippen molar-refractivity contribution in [2.24, 2.45) is 11.7 Å². The summed E-state index contributed by atoms with van der Waals surface area (Å²) in [6.45, 7) is 3.83. The fourth-order valence-electron chi connectivity index (χ4n) is 3.36. The van der Waals surface area contributed by atoms with Gasteiger partial charge in [0.25, 0.3) is 5.91 Å². The maximum atomic E-state index is 12.3. The summed E-state index contributed by atoms with van der Waals surface area (Å²) in [4.78, 5) is 32.0. The minimum absolute atomic E-state index is 0.00157. The molecular formula is C18H20N6O2S. The van der Waals surface area contributed by atoms with Crippen LogP contribution in [0.3, 0.4) is 0 Å². The minimum atomic E-state index is -0.504. The van der Waals surface area contributed by atoms with Gasteiger partial charge in [-0.1, -0.05) is 0 Å². The second-order valence-corrected chi connectivity index (χ2v) is 7.99. The molecule has 2 amide bonds. The number of fused-ring (bicyclic) bond motifs is 1. The molecule has 8 nitrogen and oxygen atoms in total. The number of carbonyl (C=O) groups excluding carboxylic acids is 2. The third kappa shape index (κ3) is 3.43. The Labute approximate surface area is 160 Å². The van der Waals surface area contributed by atoms with Crippen LogP contribution in [0, 0.1) is 12.8 Å². The van der Waals surface area contributed by atoms with Crippen LogP contribution >= 0.6 is 11.3 Å². The summed E-state index contributed by atoms with van der Waals surface area (Å²) in [7, 11) is 2.05. The van der Waals surface area contributed by atoms with E-state index in [0.29, 0.717) is 28.4 Å². The van der Waals surface area contributed by atoms with Gasteiger partial charge in [0.15, 0.2) is 0 Å². The van der Waals surface area contributed by atoms with Gasteiger partial charge in [-0.2, -0.15) is 5.10 Å². The van der Waals surface area contributed by atoms with Crippen LogP contribution in [0.4, 0.5) is 5.69 Å². The third-order valence-corrected chi connectivity index (χ3v) is 5.86. The molecule has 1 aliphatic heterocycles. The number of hydrogen-bond acceptors (Lipinski definition) is 6. The molecule has 3 aromatic heterocycles. The van der Waals surface area contributed by atoms with Crippen LogP contribution in [-0.4, -0.2) is 51.4 Å². The lowest BCUT2D eigenvalue weighted by Crippen LogP contribution is -2.45. The van der Waals surface area contributed by atoms with Gasteiger partial charge >= 0.3 is 0 Å². The Morgan fingerprint density at radius 2 is 2.15 bits per heavy atom. The topological polar surface area (TPSA) is 106 Å². The zero-order valence-electron chi connectivity index (χ0n) is 15.1. The van der Waals surface area contributed by atoms with Gasteiger partial charge in [-0.3, -0.25) is 14.6 Å². The Hall–Kier alpha value is -2.78. The Morgan fingerprint density at radius 1 is 1.37 bits per heavy atom. The van der Waals surface area contributed by atoms with E-state index in [-0.39, 0.29) is 5.91 Å². The molecule has 27 heavy (non-hydrogen) atoms. The van der Waals surface area contributed by atoms with E-state index in [1.165, 1.54) is 17.5 Å². The molecule has 0 aromatic carbocycles. The van der Waals surface area contributed by atoms with E-state index in [1.54, 1.807) is 10.7 Å². The highest BCUT2D eigenvalue weighted by Crippen LogP contribution is 2.33. The van der Waals surface area contributed by atoms with Crippen LogP contribution in [0.5, 0.6) is 0 Å². The highest BCUT2D eigenvalue weighted by Gasteiger charge is 2.25. The molecule has 1 fully saturated rings. The number of pyridine rings is 1. The number of amides is 2. The van der Waals surface area contributed by atoms with E-state index in [0.717, 1.165) is 29.2 Å². The average molecular weight is 384 g/mol. The Morgan fingerprint density at radius 3 is 2.85 bits per heavy atom. The molecule has 140 valence electrons. The maximum Gasteiger partial charge on any atom is 0.253 e. The van der Waals surface area contributed by atoms with Crippen molar-refractivity contribution >= 4 is 33.7 Å². The molecule has 0 unspecified atom stereocenters. The standard InChI is InChI=1S/C18H20N6O2S/c1-10-13(15-9-24-18(27-15)14(6-21-24)17(19)26)4-12(5-20-10)22-16(25)3-11-7-23(2)8-11/h4-6,9,11H,3,7-8H2,1-2H3,(H2,19,26)(H,22,25). The number of thiazole rings is 1. The number of primary amides is 1. The predicted octanol–water partition coefficient (Wildman–Crippen LogP) is 1.76. The van der Waals surface area contributed by atoms with Crippen molar-refractivity contribution in [1.29, 1.82) is 0 Å². The lowest BCUT2D eigenvalue weighted by atomic mass is 9.97. The number of rotatable bonds is 5. The van der Waals surface area contributed by atoms with Crippen molar-refractivity contribution < 1.29 is 9.59 Å². The van der Waals surface area contributed by atoms with Crippen molar-refractivity contribution in [2.45, 2.75) is 13.3 Å². The summed E-state index contributed by atoms with van der Waals surface area (Å²) in [5.41, 5.74) is 8.18. The first-order chi connectivity index (χ1) is 12.9. The molecule has 4 rings (SSSR count). The third-order valence-electron chi connectivity index (χ3n) is 4.71. The number of aryl methyl sites for hydroxylation is 1. The summed E-state index contributed by atoms with van der Waals surface area (Å²) >= 11 is 1.42. The first-order valence-electron chi connectivity index (χ1n) is 8.63. The predicted molar refractivity (Wildman–Crippen MR) is 104 cm³/mol. The first kappa shape index (κ1) is 17.6. The van der Waals surface area contributed by atoms with E-state index >= 15 is 0 Å². The van der Waals surface area contributed by atoms with Crippen LogP contribution in [0.15, 0.2) is 24.7 Å². The van der Waals surface area contributed by atoms with Crippen LogP contribution in [-0.2, 0) is 4.79 Å². The molecule has 9 heteroatoms. The van der Waals surface area contributed by atoms with Gasteiger partial charge in [-0.15, -0.1) is 11.3 Å². The first-order valence-corrected chi connectivity index (χ1v) is 9.44. The molecule has 0 radical (unpaired) electrons. The Kier molecular flexibility index (Phi) is 4.40. The highest BCUT2D eigenvalue weighted by atomic mass is 32.1. The fraction of sp³-hybridized carbons (Fsp3) is 0.333. The van der Waals surface area contributed by atoms with Gasteiger partial charge in [0.1, 0.15) is 4.83 Å². The van der Waals surface area contributed by atoms with Gasteiger partial charge in [0.05, 0.1) is 28.5 Å². The Balaban J connectivity index is 1.57. The summed E-state index contributed by atoms with van der Waals surface area (Å²) < 4.78 is 1.64. The van der Waals surface area contributed by atoms with Crippen molar-refractivity contribution in [2.75, 3.05) is 25.5 Å². The van der Waals surface area contributed by atoms with Crippen LogP contribution in [0.2, 0.25) is 0 Å². The molecule has 3 aromatic rings. The zero-order valence-corrected chi connectivity index (χ0v) is 15.9. The Bertz CT molecular complexity index is 1030. The number of nitrogens with two attached hydrogens (primary N) is 1. The van der Waals surface area contributed by atoms with Gasteiger partial charge in [-0.25, -0.2) is 4.52 Å². The lowest BCUT2D eigenvalue weighted by Gasteiger charge is -2.35. The van der Waals surface area contributed by atoms with E-state index in [9.17, 15) is 9.59 Å². The second kappa shape index (κ2) is 6.75. The molecule has 3 N–H and O–H groups in total. The number of hydrogen-bond donors (Lipinski definition) is 2. The molecule has 1 aliphatic rings. The number of carbonyl (C=O) groups is 2. The van der Waals surface area contributed by atoms with Gasteiger partial charge in [0.2, 0.25) is 5.91 Å². The number of likely N-dealkylation sites (tertiary alicyclic amines) is 1. The van der Waals surface area contributed by atoms with Crippen molar-refractivity contribution in [1.82, 2.24) is 19.5 Å². The largest absolute Gasteiger partial charge is 0.365 e. The number of anilines is 1. The van der Waals surface area contributed by atoms with E-state index in [2.05, 4.69) is 20.3 Å². The van der Waals surface area contributed by atoms with Crippen molar-refractivity contribution in [3.05, 3.63) is 35.9 Å². The molecule has 0 bridgehead atoms. The summed E-state index contributed by atoms with van der Waals surface area (Å²) in [6.07, 6.45) is 5.49. The zero-order chi connectivity index (χ0) is 19.1. The van der Waals surface area contributed by atoms with E-state index < -0.39 is 5.91 Å². The molecule has 0 spiro atoms. The monoisotopic (exact) mass is 384 g/mol. The van der Waals surface area contributed by atoms with Crippen LogP contribution in [0.1, 0.15) is 22.5 Å². The minimum Gasteiger partial charge on any atom is -0.365 e. The smallest absolute Gasteiger partial charge is 0.253 e. The number of aromatic nitrogens is 3. The SMILES string of the molecule is Cc1ncc(NC(=O)CC2CN(C)C2)cc1-c1cn2ncc(C(N)=O)c2s1. The quantitative estimate of drug-likeness (QED) is 0.697. The van der Waals surface area contributed by atoms with Gasteiger partial charge in [-0.05, 0) is 26.0 Å². The average Bonchev–Trinajstić information content (AvgIpc) is 3.15. The van der Waals surface area contributed by atoms with E-state index in [1.807, 2.05) is 26.2 Å². The molecule has 0 saturated carbocycles. The fourth-order valence-corrected chi connectivity index (χ4v) is 4.50. The summed E-state index contributed by atoms with van der Waals surface area (Å²) in [5, 5.41) is 7.11. The maximum absolute atomic E-state index is 12.3. The molecular weight excluding hydrogens is 364 g/mol. The molecule has 0 aliphatic carbocycles. The summed E-state index contributed by atoms with van der Waals surface area (Å²) in [6, 6.07) is 1.91. The molecule has 0 atom stereocenters. The molecule has 1 saturated heterocycles. The van der Waals surface area contributed by atoms with Gasteiger partial charge in [0, 0.05) is 37.0 Å². The number of nitrogens with one attached hydrogen (secondary N) is 1. The number of nitrogens with zero attached hydrogens (tertiary/aromatic N) is 4. The molecule has 4 heterocycles. The lowest BCUT2D eigenvalue weighted by molar-refractivity contribution is -0.118. The van der Waals surface area contributed by atoms with Crippen molar-refractivity contribution in [3.63, 3.8) is 0 Å². The van der Waals surface area contributed by atoms with E-state index in [4.69, 9.17) is 5.73 Å². The summed E-state index contributed by atoms with van der Waals surface area (Å²) in [5.74, 6) is -0.0808. The van der Waals surface area contributed by atoms with Gasteiger partial charge < -0.3 is 16.0 Å². The highest BCUT2D eigenvalue weighted by molar-refractivity contribution is 7.21. The van der Waals surface area contributed by atoms with Crippen LogP contribution < -0.4 is 11.1 Å². The van der Waals surface area contributed by atoms with Crippen molar-refractivity contribution in [3.8, 4) is 10.4 Å². The van der Waals surface area contributed by atoms with Crippen LogP contribution in [0.25, 0.3) is 15.3 Å².